The third kappa shape index (κ3) is 5.68. The van der Waals surface area contributed by atoms with Gasteiger partial charge in [0.25, 0.3) is 0 Å². The fourth-order valence-electron chi connectivity index (χ4n) is 2.90. The molecule has 3 atom stereocenters. The summed E-state index contributed by atoms with van der Waals surface area (Å²) in [5.74, 6) is 0. The molecule has 1 aromatic rings. The molecule has 1 aromatic carbocycles. The summed E-state index contributed by atoms with van der Waals surface area (Å²) in [7, 11) is 1.64. The van der Waals surface area contributed by atoms with Crippen molar-refractivity contribution in [1.82, 2.24) is 10.6 Å². The zero-order valence-corrected chi connectivity index (χ0v) is 14.2. The molecule has 5 nitrogen and oxygen atoms in total. The number of hydrogen-bond acceptors (Lipinski definition) is 3. The molecule has 2 amide bonds. The van der Waals surface area contributed by atoms with Crippen molar-refractivity contribution in [3.63, 3.8) is 0 Å². The van der Waals surface area contributed by atoms with Crippen LogP contribution in [0, 0.1) is 0 Å². The number of aliphatic hydroxyl groups is 1. The normalized spacial score (nSPS) is 22.4. The van der Waals surface area contributed by atoms with E-state index >= 15 is 0 Å². The number of halogens is 1. The zero-order chi connectivity index (χ0) is 16.7. The molecule has 0 aliphatic heterocycles. The minimum absolute atomic E-state index is 0.159. The number of aliphatic hydroxyl groups excluding tert-OH is 1. The first kappa shape index (κ1) is 18.0. The van der Waals surface area contributed by atoms with Crippen LogP contribution in [-0.4, -0.2) is 37.0 Å². The monoisotopic (exact) mass is 340 g/mol. The van der Waals surface area contributed by atoms with Gasteiger partial charge in [0, 0.05) is 18.7 Å². The lowest BCUT2D eigenvalue weighted by atomic mass is 9.93. The average Bonchev–Trinajstić information content (AvgIpc) is 2.54. The molecule has 23 heavy (non-hydrogen) atoms. The van der Waals surface area contributed by atoms with Crippen LogP contribution in [0.3, 0.4) is 0 Å². The number of carbonyl (C=O) groups is 1. The molecular formula is C17H25ClN2O3. The molecule has 0 saturated heterocycles. The summed E-state index contributed by atoms with van der Waals surface area (Å²) in [5, 5.41) is 16.5. The Morgan fingerprint density at radius 1 is 1.35 bits per heavy atom. The summed E-state index contributed by atoms with van der Waals surface area (Å²) in [6.45, 7) is 0.541. The van der Waals surface area contributed by atoms with E-state index in [0.717, 1.165) is 31.2 Å². The quantitative estimate of drug-likeness (QED) is 0.745. The van der Waals surface area contributed by atoms with Gasteiger partial charge in [-0.15, -0.1) is 0 Å². The highest BCUT2D eigenvalue weighted by Crippen LogP contribution is 2.21. The van der Waals surface area contributed by atoms with Gasteiger partial charge in [-0.25, -0.2) is 4.79 Å². The highest BCUT2D eigenvalue weighted by Gasteiger charge is 2.25. The number of ether oxygens (including phenoxy) is 1. The van der Waals surface area contributed by atoms with E-state index in [4.69, 9.17) is 16.3 Å². The lowest BCUT2D eigenvalue weighted by molar-refractivity contribution is 0.0937. The minimum atomic E-state index is -0.456. The van der Waals surface area contributed by atoms with Crippen molar-refractivity contribution in [3.8, 4) is 0 Å². The molecule has 128 valence electrons. The molecule has 1 fully saturated rings. The van der Waals surface area contributed by atoms with Gasteiger partial charge in [0.2, 0.25) is 0 Å². The highest BCUT2D eigenvalue weighted by molar-refractivity contribution is 6.30. The zero-order valence-electron chi connectivity index (χ0n) is 13.4. The summed E-state index contributed by atoms with van der Waals surface area (Å²) in [4.78, 5) is 12.3. The van der Waals surface area contributed by atoms with Crippen molar-refractivity contribution >= 4 is 17.6 Å². The Morgan fingerprint density at radius 3 is 2.70 bits per heavy atom. The molecule has 0 bridgehead atoms. The van der Waals surface area contributed by atoms with Crippen LogP contribution >= 0.6 is 11.6 Å². The Kier molecular flexibility index (Phi) is 7.15. The second kappa shape index (κ2) is 9.11. The van der Waals surface area contributed by atoms with E-state index in [1.165, 1.54) is 0 Å². The van der Waals surface area contributed by atoms with Gasteiger partial charge < -0.3 is 20.5 Å². The molecule has 0 spiro atoms. The molecule has 1 aliphatic carbocycles. The molecular weight excluding hydrogens is 316 g/mol. The Labute approximate surface area is 142 Å². The highest BCUT2D eigenvalue weighted by atomic mass is 35.5. The van der Waals surface area contributed by atoms with Crippen LogP contribution in [0.2, 0.25) is 5.02 Å². The standard InChI is InChI=1S/C17H25ClN2O3/c1-23-11-10-14(12-6-8-13(18)9-7-12)19-17(22)20-15-4-2-3-5-16(15)21/h6-9,14-16,21H,2-5,10-11H2,1H3,(H2,19,20,22). The first-order chi connectivity index (χ1) is 11.1. The number of carbonyl (C=O) groups excluding carboxylic acids is 1. The summed E-state index contributed by atoms with van der Waals surface area (Å²) in [5.41, 5.74) is 0.978. The molecule has 0 radical (unpaired) electrons. The van der Waals surface area contributed by atoms with Crippen LogP contribution in [0.5, 0.6) is 0 Å². The first-order valence-corrected chi connectivity index (χ1v) is 8.47. The van der Waals surface area contributed by atoms with Crippen molar-refractivity contribution in [2.24, 2.45) is 0 Å². The molecule has 6 heteroatoms. The van der Waals surface area contributed by atoms with Gasteiger partial charge in [-0.3, -0.25) is 0 Å². The Balaban J connectivity index is 1.96. The van der Waals surface area contributed by atoms with E-state index in [2.05, 4.69) is 10.6 Å². The van der Waals surface area contributed by atoms with Crippen molar-refractivity contribution in [2.45, 2.75) is 50.3 Å². The number of hydrogen-bond donors (Lipinski definition) is 3. The maximum absolute atomic E-state index is 12.3. The van der Waals surface area contributed by atoms with E-state index in [-0.39, 0.29) is 18.1 Å². The summed E-state index contributed by atoms with van der Waals surface area (Å²) in [6.07, 6.45) is 3.82. The van der Waals surface area contributed by atoms with E-state index in [1.807, 2.05) is 12.1 Å². The topological polar surface area (TPSA) is 70.6 Å². The SMILES string of the molecule is COCCC(NC(=O)NC1CCCCC1O)c1ccc(Cl)cc1. The van der Waals surface area contributed by atoms with E-state index < -0.39 is 6.10 Å². The largest absolute Gasteiger partial charge is 0.391 e. The predicted octanol–water partition coefficient (Wildman–Crippen LogP) is 3.02. The van der Waals surface area contributed by atoms with Crippen molar-refractivity contribution in [2.75, 3.05) is 13.7 Å². The lowest BCUT2D eigenvalue weighted by Gasteiger charge is -2.29. The van der Waals surface area contributed by atoms with E-state index in [0.29, 0.717) is 18.1 Å². The van der Waals surface area contributed by atoms with Crippen LogP contribution in [0.15, 0.2) is 24.3 Å². The van der Waals surface area contributed by atoms with Crippen LogP contribution in [-0.2, 0) is 4.74 Å². The second-order valence-corrected chi connectivity index (χ2v) is 6.40. The molecule has 3 N–H and O–H groups in total. The van der Waals surface area contributed by atoms with Crippen molar-refractivity contribution in [3.05, 3.63) is 34.9 Å². The van der Waals surface area contributed by atoms with Crippen LogP contribution in [0.4, 0.5) is 4.79 Å². The maximum Gasteiger partial charge on any atom is 0.315 e. The van der Waals surface area contributed by atoms with Crippen molar-refractivity contribution < 1.29 is 14.6 Å². The minimum Gasteiger partial charge on any atom is -0.391 e. The van der Waals surface area contributed by atoms with E-state index in [9.17, 15) is 9.90 Å². The molecule has 1 saturated carbocycles. The van der Waals surface area contributed by atoms with Gasteiger partial charge in [0.1, 0.15) is 0 Å². The lowest BCUT2D eigenvalue weighted by Crippen LogP contribution is -2.49. The number of benzene rings is 1. The first-order valence-electron chi connectivity index (χ1n) is 8.09. The number of nitrogens with one attached hydrogen (secondary N) is 2. The van der Waals surface area contributed by atoms with Gasteiger partial charge >= 0.3 is 6.03 Å². The van der Waals surface area contributed by atoms with E-state index in [1.54, 1.807) is 19.2 Å². The van der Waals surface area contributed by atoms with Gasteiger partial charge in [-0.05, 0) is 37.0 Å². The number of amides is 2. The third-order valence-corrected chi connectivity index (χ3v) is 4.49. The molecule has 0 aromatic heterocycles. The van der Waals surface area contributed by atoms with Gasteiger partial charge in [-0.2, -0.15) is 0 Å². The molecule has 1 aliphatic rings. The fraction of sp³-hybridized carbons (Fsp3) is 0.588. The van der Waals surface area contributed by atoms with Crippen molar-refractivity contribution in [1.29, 1.82) is 0 Å². The average molecular weight is 341 g/mol. The van der Waals surface area contributed by atoms with Gasteiger partial charge in [0.15, 0.2) is 0 Å². The Morgan fingerprint density at radius 2 is 2.04 bits per heavy atom. The smallest absolute Gasteiger partial charge is 0.315 e. The number of urea groups is 1. The van der Waals surface area contributed by atoms with Crippen LogP contribution in [0.25, 0.3) is 0 Å². The predicted molar refractivity (Wildman–Crippen MR) is 90.6 cm³/mol. The number of methoxy groups -OCH3 is 1. The van der Waals surface area contributed by atoms with Crippen LogP contribution in [0.1, 0.15) is 43.7 Å². The fourth-order valence-corrected chi connectivity index (χ4v) is 3.03. The third-order valence-electron chi connectivity index (χ3n) is 4.23. The second-order valence-electron chi connectivity index (χ2n) is 5.96. The van der Waals surface area contributed by atoms with Crippen LogP contribution < -0.4 is 10.6 Å². The summed E-state index contributed by atoms with van der Waals surface area (Å²) >= 11 is 5.92. The number of rotatable bonds is 6. The molecule has 3 unspecified atom stereocenters. The van der Waals surface area contributed by atoms with Gasteiger partial charge in [0.05, 0.1) is 18.2 Å². The summed E-state index contributed by atoms with van der Waals surface area (Å²) in [6, 6.07) is 6.83. The maximum atomic E-state index is 12.3. The van der Waals surface area contributed by atoms with Gasteiger partial charge in [-0.1, -0.05) is 36.6 Å². The molecule has 0 heterocycles. The molecule has 2 rings (SSSR count). The Hall–Kier alpha value is -1.30. The Bertz CT molecular complexity index is 495. The summed E-state index contributed by atoms with van der Waals surface area (Å²) < 4.78 is 5.13.